The Morgan fingerprint density at radius 3 is 2.47 bits per heavy atom. The van der Waals surface area contributed by atoms with Crippen LogP contribution in [0.25, 0.3) is 0 Å². The van der Waals surface area contributed by atoms with Gasteiger partial charge in [-0.3, -0.25) is 14.7 Å². The van der Waals surface area contributed by atoms with Gasteiger partial charge in [0.2, 0.25) is 5.89 Å². The van der Waals surface area contributed by atoms with Crippen LogP contribution in [-0.4, -0.2) is 60.6 Å². The van der Waals surface area contributed by atoms with Crippen molar-refractivity contribution < 1.29 is 13.9 Å². The maximum atomic E-state index is 12.0. The predicted molar refractivity (Wildman–Crippen MR) is 125 cm³/mol. The molecule has 1 saturated carbocycles. The molecule has 0 aromatic carbocycles. The number of aliphatic imine (C=N–C) groups is 1. The number of oxazole rings is 1. The molecule has 32 heavy (non-hydrogen) atoms. The lowest BCUT2D eigenvalue weighted by Gasteiger charge is -2.31. The SMILES string of the molecule is CCNC(=NCC1CCN(Cc2nc(C)c(C)o2)CC1)NC1CCC(C(=O)OCC)CC1. The lowest BCUT2D eigenvalue weighted by Crippen LogP contribution is -2.45. The molecule has 0 bridgehead atoms. The quantitative estimate of drug-likeness (QED) is 0.359. The molecule has 1 aromatic heterocycles. The van der Waals surface area contributed by atoms with Crippen LogP contribution in [0.5, 0.6) is 0 Å². The molecule has 0 unspecified atom stereocenters. The molecule has 8 nitrogen and oxygen atoms in total. The van der Waals surface area contributed by atoms with Gasteiger partial charge in [-0.15, -0.1) is 0 Å². The lowest BCUT2D eigenvalue weighted by atomic mass is 9.86. The van der Waals surface area contributed by atoms with Crippen molar-refractivity contribution in [2.75, 3.05) is 32.8 Å². The van der Waals surface area contributed by atoms with Gasteiger partial charge in [0.1, 0.15) is 5.76 Å². The van der Waals surface area contributed by atoms with E-state index in [1.54, 1.807) is 0 Å². The summed E-state index contributed by atoms with van der Waals surface area (Å²) in [5.41, 5.74) is 0.988. The first-order valence-electron chi connectivity index (χ1n) is 12.3. The molecule has 1 aliphatic heterocycles. The number of rotatable bonds is 8. The third-order valence-electron chi connectivity index (χ3n) is 6.68. The van der Waals surface area contributed by atoms with Gasteiger partial charge >= 0.3 is 5.97 Å². The molecule has 0 atom stereocenters. The van der Waals surface area contributed by atoms with Crippen molar-refractivity contribution >= 4 is 11.9 Å². The highest BCUT2D eigenvalue weighted by molar-refractivity contribution is 5.80. The number of aryl methyl sites for hydroxylation is 2. The van der Waals surface area contributed by atoms with Crippen LogP contribution in [0.15, 0.2) is 9.41 Å². The summed E-state index contributed by atoms with van der Waals surface area (Å²) in [5.74, 6) is 3.28. The molecule has 2 heterocycles. The highest BCUT2D eigenvalue weighted by Gasteiger charge is 2.28. The average molecular weight is 448 g/mol. The lowest BCUT2D eigenvalue weighted by molar-refractivity contribution is -0.149. The summed E-state index contributed by atoms with van der Waals surface area (Å²) in [7, 11) is 0. The van der Waals surface area contributed by atoms with E-state index >= 15 is 0 Å². The number of nitrogens with zero attached hydrogens (tertiary/aromatic N) is 3. The Kier molecular flexibility index (Phi) is 9.38. The van der Waals surface area contributed by atoms with Crippen molar-refractivity contribution in [2.45, 2.75) is 78.8 Å². The molecule has 2 aliphatic rings. The van der Waals surface area contributed by atoms with Gasteiger partial charge in [-0.2, -0.15) is 0 Å². The Morgan fingerprint density at radius 2 is 1.88 bits per heavy atom. The number of carbonyl (C=O) groups is 1. The maximum absolute atomic E-state index is 12.0. The van der Waals surface area contributed by atoms with Crippen molar-refractivity contribution in [3.63, 3.8) is 0 Å². The zero-order chi connectivity index (χ0) is 22.9. The number of aromatic nitrogens is 1. The molecule has 1 aliphatic carbocycles. The van der Waals surface area contributed by atoms with Gasteiger partial charge in [-0.25, -0.2) is 4.98 Å². The van der Waals surface area contributed by atoms with Crippen LogP contribution in [0.4, 0.5) is 0 Å². The van der Waals surface area contributed by atoms with E-state index in [1.165, 1.54) is 0 Å². The molecule has 180 valence electrons. The van der Waals surface area contributed by atoms with Crippen LogP contribution in [0, 0.1) is 25.7 Å². The number of piperidine rings is 1. The molecule has 0 spiro atoms. The summed E-state index contributed by atoms with van der Waals surface area (Å²) in [6.45, 7) is 13.0. The molecular weight excluding hydrogens is 406 g/mol. The number of hydrogen-bond acceptors (Lipinski definition) is 6. The van der Waals surface area contributed by atoms with Gasteiger partial charge in [-0.1, -0.05) is 0 Å². The van der Waals surface area contributed by atoms with Gasteiger partial charge < -0.3 is 19.8 Å². The highest BCUT2D eigenvalue weighted by atomic mass is 16.5. The number of likely N-dealkylation sites (tertiary alicyclic amines) is 1. The van der Waals surface area contributed by atoms with E-state index < -0.39 is 0 Å². The third kappa shape index (κ3) is 7.22. The number of guanidine groups is 1. The molecule has 3 rings (SSSR count). The fourth-order valence-corrected chi connectivity index (χ4v) is 4.59. The van der Waals surface area contributed by atoms with Crippen molar-refractivity contribution in [1.29, 1.82) is 0 Å². The number of ether oxygens (including phenoxy) is 1. The van der Waals surface area contributed by atoms with Crippen LogP contribution < -0.4 is 10.6 Å². The minimum Gasteiger partial charge on any atom is -0.466 e. The summed E-state index contributed by atoms with van der Waals surface area (Å²) in [6.07, 6.45) is 6.02. The minimum atomic E-state index is -0.0361. The first kappa shape index (κ1) is 24.6. The van der Waals surface area contributed by atoms with E-state index in [2.05, 4.69) is 27.4 Å². The zero-order valence-corrected chi connectivity index (χ0v) is 20.3. The Labute approximate surface area is 192 Å². The van der Waals surface area contributed by atoms with Crippen LogP contribution >= 0.6 is 0 Å². The average Bonchev–Trinajstić information content (AvgIpc) is 3.10. The van der Waals surface area contributed by atoms with Gasteiger partial charge in [0.25, 0.3) is 0 Å². The fraction of sp³-hybridized carbons (Fsp3) is 0.792. The van der Waals surface area contributed by atoms with E-state index in [4.69, 9.17) is 14.1 Å². The van der Waals surface area contributed by atoms with Crippen LogP contribution in [0.3, 0.4) is 0 Å². The third-order valence-corrected chi connectivity index (χ3v) is 6.68. The Morgan fingerprint density at radius 1 is 1.16 bits per heavy atom. The fourth-order valence-electron chi connectivity index (χ4n) is 4.59. The molecular formula is C24H41N5O3. The monoisotopic (exact) mass is 447 g/mol. The van der Waals surface area contributed by atoms with Gasteiger partial charge in [0.15, 0.2) is 5.96 Å². The van der Waals surface area contributed by atoms with Crippen molar-refractivity contribution in [1.82, 2.24) is 20.5 Å². The molecule has 0 amide bonds. The minimum absolute atomic E-state index is 0.0361. The molecule has 1 saturated heterocycles. The second-order valence-corrected chi connectivity index (χ2v) is 9.13. The first-order chi connectivity index (χ1) is 15.5. The molecule has 2 N–H and O–H groups in total. The van der Waals surface area contributed by atoms with Crippen molar-refractivity contribution in [2.24, 2.45) is 16.8 Å². The smallest absolute Gasteiger partial charge is 0.308 e. The molecule has 2 fully saturated rings. The second-order valence-electron chi connectivity index (χ2n) is 9.13. The van der Waals surface area contributed by atoms with Gasteiger partial charge in [0, 0.05) is 19.1 Å². The summed E-state index contributed by atoms with van der Waals surface area (Å²) in [4.78, 5) is 23.8. The normalized spacial score (nSPS) is 23.2. The van der Waals surface area contributed by atoms with E-state index in [1.807, 2.05) is 20.8 Å². The maximum Gasteiger partial charge on any atom is 0.308 e. The van der Waals surface area contributed by atoms with Gasteiger partial charge in [-0.05, 0) is 85.2 Å². The Hall–Kier alpha value is -2.09. The molecule has 1 aromatic rings. The molecule has 0 radical (unpaired) electrons. The summed E-state index contributed by atoms with van der Waals surface area (Å²) in [5, 5.41) is 6.98. The van der Waals surface area contributed by atoms with E-state index in [-0.39, 0.29) is 11.9 Å². The number of hydrogen-bond donors (Lipinski definition) is 2. The van der Waals surface area contributed by atoms with Gasteiger partial charge in [0.05, 0.1) is 24.8 Å². The molecule has 8 heteroatoms. The highest BCUT2D eigenvalue weighted by Crippen LogP contribution is 2.25. The largest absolute Gasteiger partial charge is 0.466 e. The summed E-state index contributed by atoms with van der Waals surface area (Å²) >= 11 is 0. The number of nitrogens with one attached hydrogen (secondary N) is 2. The van der Waals surface area contributed by atoms with E-state index in [0.29, 0.717) is 18.6 Å². The van der Waals surface area contributed by atoms with Crippen molar-refractivity contribution in [3.05, 3.63) is 17.3 Å². The zero-order valence-electron chi connectivity index (χ0n) is 20.3. The van der Waals surface area contributed by atoms with Crippen LogP contribution in [0.2, 0.25) is 0 Å². The Balaban J connectivity index is 1.41. The van der Waals surface area contributed by atoms with E-state index in [9.17, 15) is 4.79 Å². The van der Waals surface area contributed by atoms with Crippen LogP contribution in [0.1, 0.15) is 69.7 Å². The summed E-state index contributed by atoms with van der Waals surface area (Å²) in [6, 6.07) is 0.369. The number of esters is 1. The number of carbonyl (C=O) groups excluding carboxylic acids is 1. The predicted octanol–water partition coefficient (Wildman–Crippen LogP) is 3.18. The summed E-state index contributed by atoms with van der Waals surface area (Å²) < 4.78 is 10.9. The Bertz CT molecular complexity index is 727. The first-order valence-corrected chi connectivity index (χ1v) is 12.3. The van der Waals surface area contributed by atoms with E-state index in [0.717, 1.165) is 94.6 Å². The topological polar surface area (TPSA) is 92.0 Å². The standard InChI is InChI=1S/C24H41N5O3/c1-5-25-24(28-21-9-7-20(8-10-21)23(30)31-6-2)26-15-19-11-13-29(14-12-19)16-22-27-17(3)18(4)32-22/h19-21H,5-16H2,1-4H3,(H2,25,26,28). The van der Waals surface area contributed by atoms with Crippen LogP contribution in [-0.2, 0) is 16.1 Å². The van der Waals surface area contributed by atoms with Crippen molar-refractivity contribution in [3.8, 4) is 0 Å². The second kappa shape index (κ2) is 12.2.